The zero-order chi connectivity index (χ0) is 19.4. The number of halogens is 6. The van der Waals surface area contributed by atoms with Gasteiger partial charge in [0.05, 0.1) is 5.69 Å². The van der Waals surface area contributed by atoms with E-state index in [2.05, 4.69) is 14.6 Å². The van der Waals surface area contributed by atoms with Crippen LogP contribution in [0.15, 0.2) is 18.2 Å². The third kappa shape index (κ3) is 6.40. The predicted molar refractivity (Wildman–Crippen MR) is 73.5 cm³/mol. The highest BCUT2D eigenvalue weighted by atomic mass is 19.4. The van der Waals surface area contributed by atoms with Crippen molar-refractivity contribution in [3.8, 4) is 5.88 Å². The molecule has 0 radical (unpaired) electrons. The molecular formula is C14H16F6N2O3. The van der Waals surface area contributed by atoms with E-state index >= 15 is 0 Å². The van der Waals surface area contributed by atoms with Crippen molar-refractivity contribution in [1.29, 1.82) is 0 Å². The molecule has 1 N–H and O–H groups in total. The van der Waals surface area contributed by atoms with E-state index < -0.39 is 42.3 Å². The van der Waals surface area contributed by atoms with Crippen molar-refractivity contribution in [2.45, 2.75) is 51.2 Å². The summed E-state index contributed by atoms with van der Waals surface area (Å²) in [5, 5.41) is 0. The Kier molecular flexibility index (Phi) is 6.63. The van der Waals surface area contributed by atoms with Gasteiger partial charge in [0, 0.05) is 18.9 Å². The highest BCUT2D eigenvalue weighted by molar-refractivity contribution is 5.71. The summed E-state index contributed by atoms with van der Waals surface area (Å²) in [5.41, 5.74) is 1.39. The van der Waals surface area contributed by atoms with Crippen LogP contribution in [0.5, 0.6) is 5.88 Å². The topological polar surface area (TPSA) is 60.5 Å². The van der Waals surface area contributed by atoms with Crippen LogP contribution in [0, 0.1) is 0 Å². The molecule has 0 saturated heterocycles. The van der Waals surface area contributed by atoms with Crippen LogP contribution in [0.2, 0.25) is 0 Å². The van der Waals surface area contributed by atoms with E-state index in [1.54, 1.807) is 5.48 Å². The summed E-state index contributed by atoms with van der Waals surface area (Å²) >= 11 is 0. The van der Waals surface area contributed by atoms with Gasteiger partial charge < -0.3 is 4.74 Å². The van der Waals surface area contributed by atoms with E-state index in [4.69, 9.17) is 0 Å². The Bertz CT molecular complexity index is 591. The van der Waals surface area contributed by atoms with Crippen LogP contribution in [-0.2, 0) is 9.63 Å². The number of aromatic nitrogens is 1. The second-order valence-corrected chi connectivity index (χ2v) is 5.23. The fraction of sp³-hybridized carbons (Fsp3) is 0.571. The van der Waals surface area contributed by atoms with Gasteiger partial charge in [-0.1, -0.05) is 13.0 Å². The molecule has 1 aromatic heterocycles. The molecule has 1 amide bonds. The number of nitrogens with one attached hydrogen (secondary N) is 1. The zero-order valence-corrected chi connectivity index (χ0v) is 13.4. The van der Waals surface area contributed by atoms with Crippen molar-refractivity contribution in [3.63, 3.8) is 0 Å². The second kappa shape index (κ2) is 7.89. The molecule has 0 fully saturated rings. The summed E-state index contributed by atoms with van der Waals surface area (Å²) in [5.74, 6) is -2.74. The average Bonchev–Trinajstić information content (AvgIpc) is 2.44. The van der Waals surface area contributed by atoms with Gasteiger partial charge in [0.25, 0.3) is 0 Å². The normalized spacial score (nSPS) is 16.0. The molecule has 0 aliphatic carbocycles. The number of rotatable bonds is 6. The summed E-state index contributed by atoms with van der Waals surface area (Å²) in [6, 6.07) is 3.49. The SMILES string of the molecule is CC(=O)NO[C@H]([C@H](C)c1cccc(O[C@H](C)C(F)(F)F)n1)C(F)(F)F. The van der Waals surface area contributed by atoms with Crippen LogP contribution in [0.1, 0.15) is 32.4 Å². The van der Waals surface area contributed by atoms with Crippen LogP contribution < -0.4 is 10.2 Å². The summed E-state index contributed by atoms with van der Waals surface area (Å²) in [7, 11) is 0. The van der Waals surface area contributed by atoms with Gasteiger partial charge in [-0.3, -0.25) is 9.63 Å². The first kappa shape index (κ1) is 21.0. The lowest BCUT2D eigenvalue weighted by Gasteiger charge is -2.26. The first-order valence-electron chi connectivity index (χ1n) is 7.01. The maximum Gasteiger partial charge on any atom is 0.425 e. The average molecular weight is 374 g/mol. The van der Waals surface area contributed by atoms with Gasteiger partial charge in [-0.2, -0.15) is 26.3 Å². The number of hydrogen-bond acceptors (Lipinski definition) is 4. The predicted octanol–water partition coefficient (Wildman–Crippen LogP) is 3.51. The molecule has 0 aliphatic heterocycles. The molecule has 5 nitrogen and oxygen atoms in total. The molecule has 1 aromatic rings. The Morgan fingerprint density at radius 1 is 1.12 bits per heavy atom. The summed E-state index contributed by atoms with van der Waals surface area (Å²) in [6.07, 6.45) is -14.1. The van der Waals surface area contributed by atoms with Crippen LogP contribution in [0.25, 0.3) is 0 Å². The Balaban J connectivity index is 3.00. The van der Waals surface area contributed by atoms with Crippen molar-refractivity contribution >= 4 is 5.91 Å². The summed E-state index contributed by atoms with van der Waals surface area (Å²) < 4.78 is 81.4. The van der Waals surface area contributed by atoms with Gasteiger partial charge in [-0.25, -0.2) is 10.5 Å². The van der Waals surface area contributed by atoms with E-state index in [1.807, 2.05) is 0 Å². The van der Waals surface area contributed by atoms with E-state index in [-0.39, 0.29) is 5.69 Å². The summed E-state index contributed by atoms with van der Waals surface area (Å²) in [4.78, 5) is 18.8. The molecule has 0 unspecified atom stereocenters. The number of carbonyl (C=O) groups is 1. The number of carbonyl (C=O) groups excluding carboxylic acids is 1. The van der Waals surface area contributed by atoms with Crippen molar-refractivity contribution in [3.05, 3.63) is 23.9 Å². The maximum atomic E-state index is 13.1. The number of hydroxylamine groups is 1. The molecule has 11 heteroatoms. The lowest BCUT2D eigenvalue weighted by molar-refractivity contribution is -0.242. The molecule has 0 aromatic carbocycles. The highest BCUT2D eigenvalue weighted by Crippen LogP contribution is 2.33. The van der Waals surface area contributed by atoms with Gasteiger partial charge >= 0.3 is 12.4 Å². The molecular weight excluding hydrogens is 358 g/mol. The van der Waals surface area contributed by atoms with E-state index in [0.717, 1.165) is 26.8 Å². The molecule has 25 heavy (non-hydrogen) atoms. The molecule has 3 atom stereocenters. The van der Waals surface area contributed by atoms with Gasteiger partial charge in [-0.05, 0) is 13.0 Å². The minimum Gasteiger partial charge on any atom is -0.465 e. The van der Waals surface area contributed by atoms with Gasteiger partial charge in [0.1, 0.15) is 0 Å². The Labute approximate surface area is 139 Å². The molecule has 0 spiro atoms. The van der Waals surface area contributed by atoms with Gasteiger partial charge in [0.2, 0.25) is 11.8 Å². The fourth-order valence-electron chi connectivity index (χ4n) is 1.75. The molecule has 1 heterocycles. The minimum atomic E-state index is -4.85. The number of amides is 1. The van der Waals surface area contributed by atoms with Crippen molar-refractivity contribution < 1.29 is 40.7 Å². The van der Waals surface area contributed by atoms with E-state index in [0.29, 0.717) is 0 Å². The van der Waals surface area contributed by atoms with Gasteiger partial charge in [0.15, 0.2) is 12.2 Å². The number of hydrogen-bond donors (Lipinski definition) is 1. The molecule has 142 valence electrons. The second-order valence-electron chi connectivity index (χ2n) is 5.23. The van der Waals surface area contributed by atoms with Gasteiger partial charge in [-0.15, -0.1) is 0 Å². The number of ether oxygens (including phenoxy) is 1. The lowest BCUT2D eigenvalue weighted by Crippen LogP contribution is -2.41. The third-order valence-corrected chi connectivity index (χ3v) is 3.08. The maximum absolute atomic E-state index is 13.1. The minimum absolute atomic E-state index is 0.209. The van der Waals surface area contributed by atoms with Crippen LogP contribution >= 0.6 is 0 Å². The van der Waals surface area contributed by atoms with Crippen molar-refractivity contribution in [2.24, 2.45) is 0 Å². The molecule has 0 saturated carbocycles. The van der Waals surface area contributed by atoms with Crippen LogP contribution in [-0.4, -0.2) is 35.5 Å². The fourth-order valence-corrected chi connectivity index (χ4v) is 1.75. The number of alkyl halides is 6. The van der Waals surface area contributed by atoms with Crippen LogP contribution in [0.4, 0.5) is 26.3 Å². The molecule has 1 rings (SSSR count). The standard InChI is InChI=1S/C14H16F6N2O3/c1-7(12(14(18,19)20)25-22-9(3)23)10-5-4-6-11(21-10)24-8(2)13(15,16)17/h4-8,12H,1-3H3,(H,22,23)/t7-,8-,12-/m1/s1. The smallest absolute Gasteiger partial charge is 0.425 e. The van der Waals surface area contributed by atoms with E-state index in [9.17, 15) is 31.1 Å². The Morgan fingerprint density at radius 2 is 1.72 bits per heavy atom. The first-order chi connectivity index (χ1) is 11.3. The lowest BCUT2D eigenvalue weighted by atomic mass is 10.00. The third-order valence-electron chi connectivity index (χ3n) is 3.08. The molecule has 0 aliphatic rings. The zero-order valence-electron chi connectivity index (χ0n) is 13.4. The Hall–Kier alpha value is -2.04. The quantitative estimate of drug-likeness (QED) is 0.612. The van der Waals surface area contributed by atoms with Crippen molar-refractivity contribution in [1.82, 2.24) is 10.5 Å². The largest absolute Gasteiger partial charge is 0.465 e. The highest BCUT2D eigenvalue weighted by Gasteiger charge is 2.46. The number of pyridine rings is 1. The monoisotopic (exact) mass is 374 g/mol. The number of nitrogens with zero attached hydrogens (tertiary/aromatic N) is 1. The van der Waals surface area contributed by atoms with Crippen LogP contribution in [0.3, 0.4) is 0 Å². The summed E-state index contributed by atoms with van der Waals surface area (Å²) in [6.45, 7) is 2.82. The van der Waals surface area contributed by atoms with E-state index in [1.165, 1.54) is 12.1 Å². The van der Waals surface area contributed by atoms with Crippen molar-refractivity contribution in [2.75, 3.05) is 0 Å². The first-order valence-corrected chi connectivity index (χ1v) is 7.01. The molecule has 0 bridgehead atoms. The Morgan fingerprint density at radius 3 is 2.20 bits per heavy atom.